The summed E-state index contributed by atoms with van der Waals surface area (Å²) in [6, 6.07) is 19.2. The predicted molar refractivity (Wildman–Crippen MR) is 138 cm³/mol. The van der Waals surface area contributed by atoms with Crippen molar-refractivity contribution in [2.24, 2.45) is 0 Å². The second kappa shape index (κ2) is 9.41. The number of halogens is 1. The maximum absolute atomic E-state index is 13.7. The second-order valence-corrected chi connectivity index (χ2v) is 9.09. The Morgan fingerprint density at radius 3 is 2.28 bits per heavy atom. The van der Waals surface area contributed by atoms with Gasteiger partial charge in [-0.2, -0.15) is 4.98 Å². The first-order chi connectivity index (χ1) is 17.3. The Hall–Kier alpha value is -4.26. The lowest BCUT2D eigenvalue weighted by Gasteiger charge is -2.35. The van der Waals surface area contributed by atoms with Crippen molar-refractivity contribution in [1.29, 1.82) is 0 Å². The Kier molecular flexibility index (Phi) is 6.14. The number of carbonyl (C=O) groups excluding carboxylic acids is 1. The van der Waals surface area contributed by atoms with Crippen molar-refractivity contribution in [3.8, 4) is 11.4 Å². The quantitative estimate of drug-likeness (QED) is 0.341. The number of benzene rings is 3. The van der Waals surface area contributed by atoms with E-state index in [0.717, 1.165) is 28.8 Å². The number of aromatic nitrogens is 2. The van der Waals surface area contributed by atoms with E-state index in [4.69, 9.17) is 9.51 Å². The number of amides is 2. The van der Waals surface area contributed by atoms with Crippen LogP contribution in [0.15, 0.2) is 77.0 Å². The van der Waals surface area contributed by atoms with Crippen LogP contribution >= 0.6 is 0 Å². The predicted octanol–water partition coefficient (Wildman–Crippen LogP) is 6.76. The van der Waals surface area contributed by atoms with E-state index in [1.807, 2.05) is 57.2 Å². The Bertz CT molecular complexity index is 1440. The minimum atomic E-state index is -0.587. The summed E-state index contributed by atoms with van der Waals surface area (Å²) in [5.41, 5.74) is 6.92. The fourth-order valence-electron chi connectivity index (χ4n) is 4.66. The zero-order chi connectivity index (χ0) is 25.4. The number of rotatable bonds is 5. The molecule has 1 aliphatic heterocycles. The normalized spacial score (nSPS) is 15.9. The highest BCUT2D eigenvalue weighted by atomic mass is 19.1. The molecular weight excluding hydrogens is 455 g/mol. The summed E-state index contributed by atoms with van der Waals surface area (Å²) >= 11 is 0. The molecule has 2 heterocycles. The highest BCUT2D eigenvalue weighted by Crippen LogP contribution is 2.39. The summed E-state index contributed by atoms with van der Waals surface area (Å²) in [6.07, 6.45) is 0.942. The summed E-state index contributed by atoms with van der Waals surface area (Å²) in [6.45, 7) is 7.95. The lowest BCUT2D eigenvalue weighted by molar-refractivity contribution is 0.244. The number of carbonyl (C=O) groups is 1. The van der Waals surface area contributed by atoms with E-state index in [1.165, 1.54) is 17.7 Å². The van der Waals surface area contributed by atoms with Crippen molar-refractivity contribution in [2.45, 2.75) is 40.2 Å². The van der Waals surface area contributed by atoms with E-state index in [2.05, 4.69) is 23.5 Å². The van der Waals surface area contributed by atoms with Gasteiger partial charge in [-0.3, -0.25) is 4.90 Å². The van der Waals surface area contributed by atoms with Gasteiger partial charge in [-0.05, 0) is 73.7 Å². The Morgan fingerprint density at radius 1 is 0.972 bits per heavy atom. The molecule has 5 rings (SSSR count). The van der Waals surface area contributed by atoms with Crippen molar-refractivity contribution >= 4 is 17.3 Å². The van der Waals surface area contributed by atoms with Crippen molar-refractivity contribution < 1.29 is 13.7 Å². The number of hydrogen-bond acceptors (Lipinski definition) is 4. The SMILES string of the molecule is CCc1ccc(-c2noc(C3=C(C)N(c4cc(C)cc(C)c4)C(=O)NC3c3ccc(F)cc3)n2)cc1. The van der Waals surface area contributed by atoms with E-state index < -0.39 is 6.04 Å². The molecule has 1 aliphatic rings. The zero-order valence-corrected chi connectivity index (χ0v) is 20.7. The van der Waals surface area contributed by atoms with Crippen LogP contribution in [0.4, 0.5) is 14.9 Å². The third kappa shape index (κ3) is 4.40. The third-order valence-corrected chi connectivity index (χ3v) is 6.43. The molecule has 1 unspecified atom stereocenters. The number of allylic oxidation sites excluding steroid dienone is 1. The zero-order valence-electron chi connectivity index (χ0n) is 20.7. The number of hydrogen-bond donors (Lipinski definition) is 1. The van der Waals surface area contributed by atoms with Crippen LogP contribution in [0.3, 0.4) is 0 Å². The van der Waals surface area contributed by atoms with Crippen LogP contribution < -0.4 is 10.2 Å². The summed E-state index contributed by atoms with van der Waals surface area (Å²) in [5.74, 6) is 0.405. The topological polar surface area (TPSA) is 71.3 Å². The van der Waals surface area contributed by atoms with E-state index in [1.54, 1.807) is 17.0 Å². The van der Waals surface area contributed by atoms with Crippen LogP contribution in [-0.2, 0) is 6.42 Å². The summed E-state index contributed by atoms with van der Waals surface area (Å²) in [5, 5.41) is 7.29. The fourth-order valence-corrected chi connectivity index (χ4v) is 4.66. The maximum atomic E-state index is 13.7. The van der Waals surface area contributed by atoms with Gasteiger partial charge >= 0.3 is 6.03 Å². The van der Waals surface area contributed by atoms with E-state index in [0.29, 0.717) is 28.5 Å². The van der Waals surface area contributed by atoms with Crippen LogP contribution in [0.25, 0.3) is 17.0 Å². The molecule has 0 spiro atoms. The summed E-state index contributed by atoms with van der Waals surface area (Å²) < 4.78 is 19.4. The minimum absolute atomic E-state index is 0.287. The summed E-state index contributed by atoms with van der Waals surface area (Å²) in [7, 11) is 0. The third-order valence-electron chi connectivity index (χ3n) is 6.43. The average Bonchev–Trinajstić information content (AvgIpc) is 3.33. The molecule has 1 N–H and O–H groups in total. The molecule has 0 bridgehead atoms. The van der Waals surface area contributed by atoms with Gasteiger partial charge in [0.1, 0.15) is 5.82 Å². The van der Waals surface area contributed by atoms with Gasteiger partial charge < -0.3 is 9.84 Å². The number of anilines is 1. The van der Waals surface area contributed by atoms with Gasteiger partial charge in [0.15, 0.2) is 0 Å². The first-order valence-electron chi connectivity index (χ1n) is 11.9. The van der Waals surface area contributed by atoms with E-state index >= 15 is 0 Å². The van der Waals surface area contributed by atoms with Gasteiger partial charge in [-0.15, -0.1) is 0 Å². The molecule has 36 heavy (non-hydrogen) atoms. The van der Waals surface area contributed by atoms with Gasteiger partial charge in [0.25, 0.3) is 5.89 Å². The van der Waals surface area contributed by atoms with Gasteiger partial charge in [0.2, 0.25) is 5.82 Å². The molecule has 0 radical (unpaired) electrons. The molecule has 4 aromatic rings. The van der Waals surface area contributed by atoms with Crippen LogP contribution in [0.5, 0.6) is 0 Å². The molecule has 3 aromatic carbocycles. The van der Waals surface area contributed by atoms with Crippen LogP contribution in [0.1, 0.15) is 48.0 Å². The molecule has 0 saturated heterocycles. The molecular formula is C29H27FN4O2. The number of urea groups is 1. The highest BCUT2D eigenvalue weighted by molar-refractivity contribution is 6.01. The Balaban J connectivity index is 1.64. The van der Waals surface area contributed by atoms with Gasteiger partial charge in [0, 0.05) is 11.3 Å². The van der Waals surface area contributed by atoms with Crippen molar-refractivity contribution in [3.05, 3.63) is 106 Å². The molecule has 0 saturated carbocycles. The molecule has 6 nitrogen and oxygen atoms in total. The molecule has 0 fully saturated rings. The maximum Gasteiger partial charge on any atom is 0.326 e. The molecule has 0 aliphatic carbocycles. The molecule has 1 atom stereocenters. The first kappa shape index (κ1) is 23.5. The standard InChI is InChI=1S/C29H27FN4O2/c1-5-20-6-8-22(9-7-20)27-32-28(36-33-27)25-19(4)34(24-15-17(2)14-18(3)16-24)29(35)31-26(25)21-10-12-23(30)13-11-21/h6-16,26H,5H2,1-4H3,(H,31,35). The number of nitrogens with zero attached hydrogens (tertiary/aromatic N) is 3. The molecule has 7 heteroatoms. The van der Waals surface area contributed by atoms with Crippen molar-refractivity contribution in [3.63, 3.8) is 0 Å². The van der Waals surface area contributed by atoms with Crippen molar-refractivity contribution in [2.75, 3.05) is 4.90 Å². The van der Waals surface area contributed by atoms with E-state index in [-0.39, 0.29) is 11.8 Å². The molecule has 182 valence electrons. The lowest BCUT2D eigenvalue weighted by atomic mass is 9.94. The van der Waals surface area contributed by atoms with Crippen LogP contribution in [-0.4, -0.2) is 16.2 Å². The first-order valence-corrected chi connectivity index (χ1v) is 11.9. The summed E-state index contributed by atoms with van der Waals surface area (Å²) in [4.78, 5) is 19.7. The number of nitrogens with one attached hydrogen (secondary N) is 1. The lowest BCUT2D eigenvalue weighted by Crippen LogP contribution is -2.46. The van der Waals surface area contributed by atoms with Gasteiger partial charge in [-0.25, -0.2) is 9.18 Å². The fraction of sp³-hybridized carbons (Fsp3) is 0.207. The molecule has 2 amide bonds. The monoisotopic (exact) mass is 482 g/mol. The average molecular weight is 483 g/mol. The molecule has 1 aromatic heterocycles. The van der Waals surface area contributed by atoms with E-state index in [9.17, 15) is 9.18 Å². The number of aryl methyl sites for hydroxylation is 3. The smallest absolute Gasteiger partial charge is 0.326 e. The van der Waals surface area contributed by atoms with Gasteiger partial charge in [-0.1, -0.05) is 54.5 Å². The largest absolute Gasteiger partial charge is 0.334 e. The Morgan fingerprint density at radius 2 is 1.64 bits per heavy atom. The van der Waals surface area contributed by atoms with Crippen molar-refractivity contribution in [1.82, 2.24) is 15.5 Å². The minimum Gasteiger partial charge on any atom is -0.334 e. The second-order valence-electron chi connectivity index (χ2n) is 9.09. The Labute approximate surface area is 209 Å². The highest BCUT2D eigenvalue weighted by Gasteiger charge is 2.36. The van der Waals surface area contributed by atoms with Crippen LogP contribution in [0.2, 0.25) is 0 Å². The van der Waals surface area contributed by atoms with Gasteiger partial charge in [0.05, 0.1) is 17.3 Å². The van der Waals surface area contributed by atoms with Crippen LogP contribution in [0, 0.1) is 19.7 Å².